The fourth-order valence-corrected chi connectivity index (χ4v) is 5.36. The van der Waals surface area contributed by atoms with E-state index < -0.39 is 10.0 Å². The molecule has 9 heteroatoms. The Morgan fingerprint density at radius 3 is 2.68 bits per heavy atom. The van der Waals surface area contributed by atoms with Crippen molar-refractivity contribution in [1.82, 2.24) is 9.62 Å². The molecule has 0 amide bonds. The van der Waals surface area contributed by atoms with E-state index in [1.165, 1.54) is 0 Å². The van der Waals surface area contributed by atoms with Crippen LogP contribution in [0.4, 0.5) is 0 Å². The summed E-state index contributed by atoms with van der Waals surface area (Å²) in [5.74, 6) is -0.0259. The molecule has 0 bridgehead atoms. The van der Waals surface area contributed by atoms with Gasteiger partial charge >= 0.3 is 0 Å². The third-order valence-electron chi connectivity index (χ3n) is 5.18. The minimum atomic E-state index is -3.65. The first kappa shape index (κ1) is 24.5. The van der Waals surface area contributed by atoms with Gasteiger partial charge in [0.2, 0.25) is 10.0 Å². The van der Waals surface area contributed by atoms with E-state index in [2.05, 4.69) is 9.62 Å². The second-order valence-corrected chi connectivity index (χ2v) is 10.1. The minimum absolute atomic E-state index is 0.0259. The van der Waals surface area contributed by atoms with E-state index in [1.54, 1.807) is 24.3 Å². The van der Waals surface area contributed by atoms with Crippen molar-refractivity contribution in [2.45, 2.75) is 24.3 Å². The van der Waals surface area contributed by atoms with Crippen molar-refractivity contribution >= 4 is 33.2 Å². The van der Waals surface area contributed by atoms with E-state index in [-0.39, 0.29) is 24.0 Å². The maximum absolute atomic E-state index is 12.8. The van der Waals surface area contributed by atoms with Crippen LogP contribution in [0.3, 0.4) is 0 Å². The molecule has 3 rings (SSSR count). The molecule has 1 heterocycles. The highest BCUT2D eigenvalue weighted by molar-refractivity contribution is 7.89. The lowest BCUT2D eigenvalue weighted by atomic mass is 9.85. The SMILES string of the molecule is CCOCCOCCNS(=O)(=O)c1cccc([C@@H]2CN(C)Cc3c(Cl)cc(Cl)cc32)c1. The summed E-state index contributed by atoms with van der Waals surface area (Å²) in [6.07, 6.45) is 0. The zero-order chi connectivity index (χ0) is 22.4. The van der Waals surface area contributed by atoms with Crippen molar-refractivity contribution in [2.24, 2.45) is 0 Å². The Hall–Kier alpha value is -1.19. The Kier molecular flexibility index (Phi) is 8.75. The molecule has 0 saturated heterocycles. The predicted octanol–water partition coefficient (Wildman–Crippen LogP) is 3.90. The normalized spacial score (nSPS) is 17.0. The lowest BCUT2D eigenvalue weighted by molar-refractivity contribution is 0.0552. The number of hydrogen-bond donors (Lipinski definition) is 1. The smallest absolute Gasteiger partial charge is 0.240 e. The van der Waals surface area contributed by atoms with Gasteiger partial charge in [-0.1, -0.05) is 35.3 Å². The third kappa shape index (κ3) is 6.42. The molecule has 170 valence electrons. The summed E-state index contributed by atoms with van der Waals surface area (Å²) < 4.78 is 38.7. The van der Waals surface area contributed by atoms with Crippen molar-refractivity contribution in [3.05, 3.63) is 63.1 Å². The Balaban J connectivity index is 1.75. The van der Waals surface area contributed by atoms with Gasteiger partial charge in [-0.2, -0.15) is 0 Å². The molecule has 0 saturated carbocycles. The van der Waals surface area contributed by atoms with Crippen LogP contribution < -0.4 is 4.72 Å². The molecule has 0 radical (unpaired) electrons. The highest BCUT2D eigenvalue weighted by Crippen LogP contribution is 2.38. The lowest BCUT2D eigenvalue weighted by Crippen LogP contribution is -2.31. The fourth-order valence-electron chi connectivity index (χ4n) is 3.72. The van der Waals surface area contributed by atoms with Crippen LogP contribution in [0.5, 0.6) is 0 Å². The van der Waals surface area contributed by atoms with Gasteiger partial charge in [0.25, 0.3) is 0 Å². The van der Waals surface area contributed by atoms with Crippen molar-refractivity contribution in [3.63, 3.8) is 0 Å². The molecule has 31 heavy (non-hydrogen) atoms. The highest BCUT2D eigenvalue weighted by atomic mass is 35.5. The number of nitrogens with one attached hydrogen (secondary N) is 1. The standard InChI is InChI=1S/C22H28Cl2N2O4S/c1-3-29-9-10-30-8-7-25-31(27,28)18-6-4-5-16(11-18)20-14-26(2)15-21-19(20)12-17(23)13-22(21)24/h4-6,11-13,20,25H,3,7-10,14-15H2,1-2H3/t20-/m0/s1. The van der Waals surface area contributed by atoms with Crippen LogP contribution in [0.1, 0.15) is 29.5 Å². The summed E-state index contributed by atoms with van der Waals surface area (Å²) in [6.45, 7) is 5.42. The van der Waals surface area contributed by atoms with Crippen LogP contribution >= 0.6 is 23.2 Å². The number of fused-ring (bicyclic) bond motifs is 1. The van der Waals surface area contributed by atoms with Gasteiger partial charge in [0.15, 0.2) is 0 Å². The largest absolute Gasteiger partial charge is 0.379 e. The monoisotopic (exact) mass is 486 g/mol. The van der Waals surface area contributed by atoms with Gasteiger partial charge < -0.3 is 14.4 Å². The maximum Gasteiger partial charge on any atom is 0.240 e. The van der Waals surface area contributed by atoms with E-state index in [9.17, 15) is 8.42 Å². The van der Waals surface area contributed by atoms with Crippen LogP contribution in [0.25, 0.3) is 0 Å². The van der Waals surface area contributed by atoms with Gasteiger partial charge in [-0.15, -0.1) is 0 Å². The topological polar surface area (TPSA) is 67.9 Å². The molecule has 6 nitrogen and oxygen atoms in total. The molecule has 2 aromatic carbocycles. The second kappa shape index (κ2) is 11.1. The first-order valence-corrected chi connectivity index (χ1v) is 12.5. The van der Waals surface area contributed by atoms with E-state index >= 15 is 0 Å². The van der Waals surface area contributed by atoms with Gasteiger partial charge in [-0.25, -0.2) is 13.1 Å². The van der Waals surface area contributed by atoms with Gasteiger partial charge in [0.05, 0.1) is 24.7 Å². The molecule has 0 unspecified atom stereocenters. The molecule has 2 aromatic rings. The number of sulfonamides is 1. The minimum Gasteiger partial charge on any atom is -0.379 e. The van der Waals surface area contributed by atoms with Crippen LogP contribution in [-0.4, -0.2) is 59.9 Å². The number of ether oxygens (including phenoxy) is 2. The average Bonchev–Trinajstić information content (AvgIpc) is 2.73. The molecular formula is C22H28Cl2N2O4S. The number of halogens is 2. The van der Waals surface area contributed by atoms with E-state index in [1.807, 2.05) is 26.1 Å². The Labute approximate surface area is 194 Å². The van der Waals surface area contributed by atoms with Crippen LogP contribution in [-0.2, 0) is 26.0 Å². The number of benzene rings is 2. The Morgan fingerprint density at radius 1 is 1.13 bits per heavy atom. The van der Waals surface area contributed by atoms with Crippen LogP contribution in [0, 0.1) is 0 Å². The van der Waals surface area contributed by atoms with E-state index in [0.29, 0.717) is 29.9 Å². The van der Waals surface area contributed by atoms with E-state index in [4.69, 9.17) is 32.7 Å². The number of nitrogens with zero attached hydrogens (tertiary/aromatic N) is 1. The van der Waals surface area contributed by atoms with Crippen LogP contribution in [0.2, 0.25) is 10.0 Å². The van der Waals surface area contributed by atoms with Crippen molar-refractivity contribution in [2.75, 3.05) is 46.6 Å². The number of rotatable bonds is 10. The van der Waals surface area contributed by atoms with Crippen molar-refractivity contribution in [3.8, 4) is 0 Å². The number of likely N-dealkylation sites (N-methyl/N-ethyl adjacent to an activating group) is 1. The fraction of sp³-hybridized carbons (Fsp3) is 0.455. The number of hydrogen-bond acceptors (Lipinski definition) is 5. The highest BCUT2D eigenvalue weighted by Gasteiger charge is 2.28. The molecule has 0 aliphatic carbocycles. The first-order valence-electron chi connectivity index (χ1n) is 10.2. The Morgan fingerprint density at radius 2 is 1.90 bits per heavy atom. The molecule has 1 aliphatic rings. The second-order valence-electron chi connectivity index (χ2n) is 7.48. The molecule has 1 atom stereocenters. The zero-order valence-corrected chi connectivity index (χ0v) is 20.1. The average molecular weight is 487 g/mol. The summed E-state index contributed by atoms with van der Waals surface area (Å²) in [5, 5.41) is 1.21. The molecular weight excluding hydrogens is 459 g/mol. The van der Waals surface area contributed by atoms with Crippen molar-refractivity contribution < 1.29 is 17.9 Å². The quantitative estimate of drug-likeness (QED) is 0.515. The first-order chi connectivity index (χ1) is 14.8. The predicted molar refractivity (Wildman–Crippen MR) is 124 cm³/mol. The summed E-state index contributed by atoms with van der Waals surface area (Å²) in [7, 11) is -1.63. The van der Waals surface area contributed by atoms with E-state index in [0.717, 1.165) is 29.8 Å². The van der Waals surface area contributed by atoms with Gasteiger partial charge in [0.1, 0.15) is 0 Å². The molecule has 1 aliphatic heterocycles. The molecule has 0 spiro atoms. The summed E-state index contributed by atoms with van der Waals surface area (Å²) in [4.78, 5) is 2.40. The molecule has 0 fully saturated rings. The zero-order valence-electron chi connectivity index (χ0n) is 17.7. The third-order valence-corrected chi connectivity index (χ3v) is 7.19. The Bertz CT molecular complexity index is 1000. The van der Waals surface area contributed by atoms with Gasteiger partial charge in [-0.3, -0.25) is 0 Å². The summed E-state index contributed by atoms with van der Waals surface area (Å²) in [5.41, 5.74) is 2.98. The van der Waals surface area contributed by atoms with Crippen LogP contribution in [0.15, 0.2) is 41.3 Å². The van der Waals surface area contributed by atoms with Gasteiger partial charge in [0, 0.05) is 42.2 Å². The lowest BCUT2D eigenvalue weighted by Gasteiger charge is -2.33. The maximum atomic E-state index is 12.8. The van der Waals surface area contributed by atoms with Crippen molar-refractivity contribution in [1.29, 1.82) is 0 Å². The molecule has 0 aromatic heterocycles. The molecule has 1 N–H and O–H groups in total. The van der Waals surface area contributed by atoms with Gasteiger partial charge in [-0.05, 0) is 54.9 Å². The summed E-state index contributed by atoms with van der Waals surface area (Å²) >= 11 is 12.7. The summed E-state index contributed by atoms with van der Waals surface area (Å²) in [6, 6.07) is 10.7.